The average Bonchev–Trinajstić information content (AvgIpc) is 2.62. The highest BCUT2D eigenvalue weighted by Crippen LogP contribution is 2.25. The summed E-state index contributed by atoms with van der Waals surface area (Å²) in [6, 6.07) is 7.69. The van der Waals surface area contributed by atoms with Crippen LogP contribution in [0.5, 0.6) is 11.5 Å². The van der Waals surface area contributed by atoms with E-state index in [9.17, 15) is 4.79 Å². The molecule has 0 aliphatic rings. The van der Waals surface area contributed by atoms with E-state index < -0.39 is 5.97 Å². The smallest absolute Gasteiger partial charge is 0.373 e. The highest BCUT2D eigenvalue weighted by Gasteiger charge is 2.11. The van der Waals surface area contributed by atoms with Gasteiger partial charge in [-0.15, -0.1) is 0 Å². The summed E-state index contributed by atoms with van der Waals surface area (Å²) in [7, 11) is 0. The lowest BCUT2D eigenvalue weighted by atomic mass is 10.0. The fourth-order valence-electron chi connectivity index (χ4n) is 2.54. The first kappa shape index (κ1) is 28.6. The Balaban J connectivity index is 0.000000519. The molecular formula is C24H31IO6. The molecule has 2 aromatic carbocycles. The van der Waals surface area contributed by atoms with Crippen LogP contribution in [0.15, 0.2) is 24.3 Å². The number of aromatic carboxylic acids is 1. The van der Waals surface area contributed by atoms with E-state index in [-0.39, 0.29) is 18.4 Å². The molecule has 0 saturated heterocycles. The molecule has 0 aliphatic heterocycles. The Hall–Kier alpha value is -2.38. The number of halogens is 1. The van der Waals surface area contributed by atoms with E-state index in [4.69, 9.17) is 24.2 Å². The van der Waals surface area contributed by atoms with Crippen molar-refractivity contribution in [3.8, 4) is 11.5 Å². The molecule has 0 aliphatic carbocycles. The van der Waals surface area contributed by atoms with Gasteiger partial charge in [-0.2, -0.15) is 9.59 Å². The van der Waals surface area contributed by atoms with Gasteiger partial charge in [-0.1, -0.05) is 0 Å². The maximum atomic E-state index is 10.9. The molecule has 6 nitrogen and oxygen atoms in total. The molecule has 0 fully saturated rings. The van der Waals surface area contributed by atoms with Crippen molar-refractivity contribution in [2.24, 2.45) is 0 Å². The lowest BCUT2D eigenvalue weighted by Gasteiger charge is -2.14. The minimum atomic E-state index is -0.897. The average molecular weight is 542 g/mol. The van der Waals surface area contributed by atoms with Gasteiger partial charge in [0, 0.05) is 3.57 Å². The molecule has 0 bridgehead atoms. The SMILES string of the molecule is Cc1cc(C(=O)O)c(C)cc1OC(C)C.Cc1cc(OC(C)C)c(C)cc1I.O=C=O. The number of hydrogen-bond acceptors (Lipinski definition) is 5. The van der Waals surface area contributed by atoms with Crippen molar-refractivity contribution in [1.82, 2.24) is 0 Å². The van der Waals surface area contributed by atoms with E-state index in [0.717, 1.165) is 22.6 Å². The Labute approximate surface area is 198 Å². The molecule has 0 radical (unpaired) electrons. The molecular weight excluding hydrogens is 511 g/mol. The summed E-state index contributed by atoms with van der Waals surface area (Å²) < 4.78 is 12.5. The van der Waals surface area contributed by atoms with Crippen molar-refractivity contribution in [3.05, 3.63) is 55.7 Å². The van der Waals surface area contributed by atoms with Gasteiger partial charge in [0.15, 0.2) is 0 Å². The third kappa shape index (κ3) is 10.5. The summed E-state index contributed by atoms with van der Waals surface area (Å²) in [4.78, 5) is 27.1. The van der Waals surface area contributed by atoms with Crippen LogP contribution in [-0.4, -0.2) is 29.4 Å². The van der Waals surface area contributed by atoms with Crippen LogP contribution in [0.25, 0.3) is 0 Å². The molecule has 31 heavy (non-hydrogen) atoms. The van der Waals surface area contributed by atoms with Crippen LogP contribution in [0.3, 0.4) is 0 Å². The van der Waals surface area contributed by atoms with E-state index in [0.29, 0.717) is 5.56 Å². The topological polar surface area (TPSA) is 89.9 Å². The van der Waals surface area contributed by atoms with Crippen molar-refractivity contribution >= 4 is 34.7 Å². The van der Waals surface area contributed by atoms with Gasteiger partial charge < -0.3 is 14.6 Å². The molecule has 2 aromatic rings. The first-order valence-corrected chi connectivity index (χ1v) is 10.9. The van der Waals surface area contributed by atoms with E-state index in [1.165, 1.54) is 14.7 Å². The largest absolute Gasteiger partial charge is 0.491 e. The summed E-state index contributed by atoms with van der Waals surface area (Å²) in [5, 5.41) is 8.92. The molecule has 0 unspecified atom stereocenters. The van der Waals surface area contributed by atoms with Crippen LogP contribution in [-0.2, 0) is 9.59 Å². The minimum Gasteiger partial charge on any atom is -0.491 e. The van der Waals surface area contributed by atoms with E-state index >= 15 is 0 Å². The Morgan fingerprint density at radius 1 is 0.806 bits per heavy atom. The minimum absolute atomic E-state index is 0.0961. The highest BCUT2D eigenvalue weighted by molar-refractivity contribution is 14.1. The van der Waals surface area contributed by atoms with Gasteiger partial charge in [0.1, 0.15) is 11.5 Å². The third-order valence-electron chi connectivity index (χ3n) is 3.93. The van der Waals surface area contributed by atoms with Crippen molar-refractivity contribution in [1.29, 1.82) is 0 Å². The zero-order chi connectivity index (χ0) is 24.3. The van der Waals surface area contributed by atoms with Crippen molar-refractivity contribution in [2.45, 2.75) is 67.6 Å². The van der Waals surface area contributed by atoms with Crippen LogP contribution in [0.4, 0.5) is 0 Å². The number of carboxylic acid groups (broad SMARTS) is 1. The Kier molecular flexibility index (Phi) is 12.8. The summed E-state index contributed by atoms with van der Waals surface area (Å²) in [5.74, 6) is 0.868. The molecule has 170 valence electrons. The third-order valence-corrected chi connectivity index (χ3v) is 5.10. The van der Waals surface area contributed by atoms with E-state index in [1.807, 2.05) is 34.6 Å². The van der Waals surface area contributed by atoms with Gasteiger partial charge in [0.25, 0.3) is 0 Å². The number of rotatable bonds is 5. The van der Waals surface area contributed by atoms with Gasteiger partial charge in [-0.3, -0.25) is 0 Å². The van der Waals surface area contributed by atoms with Crippen molar-refractivity contribution in [2.75, 3.05) is 0 Å². The highest BCUT2D eigenvalue weighted by atomic mass is 127. The molecule has 0 aromatic heterocycles. The summed E-state index contributed by atoms with van der Waals surface area (Å²) in [6.45, 7) is 15.8. The number of hydrogen-bond donors (Lipinski definition) is 1. The molecule has 2 rings (SSSR count). The van der Waals surface area contributed by atoms with E-state index in [1.54, 1.807) is 19.1 Å². The standard InChI is InChI=1S/C12H16O3.C11H15IO.CO2/c1-7(2)15-11-6-8(3)10(12(13)14)5-9(11)4;1-7(2)13-11-6-8(3)10(12)5-9(11)4;2-1-3/h5-7H,1-4H3,(H,13,14);5-7H,1-4H3;. The Morgan fingerprint density at radius 3 is 1.58 bits per heavy atom. The second kappa shape index (κ2) is 13.8. The number of ether oxygens (including phenoxy) is 2. The summed E-state index contributed by atoms with van der Waals surface area (Å²) in [6.07, 6.45) is 0.594. The summed E-state index contributed by atoms with van der Waals surface area (Å²) in [5.41, 5.74) is 4.41. The summed E-state index contributed by atoms with van der Waals surface area (Å²) >= 11 is 2.34. The van der Waals surface area contributed by atoms with Crippen LogP contribution >= 0.6 is 22.6 Å². The zero-order valence-electron chi connectivity index (χ0n) is 19.3. The molecule has 1 N–H and O–H groups in total. The lowest BCUT2D eigenvalue weighted by Crippen LogP contribution is -2.08. The number of carboxylic acids is 1. The fraction of sp³-hybridized carbons (Fsp3) is 0.417. The van der Waals surface area contributed by atoms with Gasteiger partial charge in [0.05, 0.1) is 17.8 Å². The van der Waals surface area contributed by atoms with Gasteiger partial charge in [-0.25, -0.2) is 4.79 Å². The first-order chi connectivity index (χ1) is 14.3. The maximum absolute atomic E-state index is 10.9. The number of benzene rings is 2. The van der Waals surface area contributed by atoms with E-state index in [2.05, 4.69) is 48.6 Å². The van der Waals surface area contributed by atoms with Gasteiger partial charge >= 0.3 is 12.1 Å². The van der Waals surface area contributed by atoms with Crippen LogP contribution < -0.4 is 9.47 Å². The Bertz CT molecular complexity index is 913. The van der Waals surface area contributed by atoms with Gasteiger partial charge in [-0.05, 0) is 125 Å². The quantitative estimate of drug-likeness (QED) is 0.474. The molecule has 7 heteroatoms. The zero-order valence-corrected chi connectivity index (χ0v) is 21.5. The molecule has 0 amide bonds. The normalized spacial score (nSPS) is 9.77. The predicted octanol–water partition coefficient (Wildman–Crippen LogP) is 5.90. The van der Waals surface area contributed by atoms with Crippen LogP contribution in [0, 0.1) is 31.3 Å². The predicted molar refractivity (Wildman–Crippen MR) is 128 cm³/mol. The molecule has 0 heterocycles. The number of aryl methyl sites for hydroxylation is 4. The monoisotopic (exact) mass is 542 g/mol. The maximum Gasteiger partial charge on any atom is 0.373 e. The van der Waals surface area contributed by atoms with Crippen molar-refractivity contribution in [3.63, 3.8) is 0 Å². The second-order valence-corrected chi connectivity index (χ2v) is 8.68. The number of carbonyl (C=O) groups excluding carboxylic acids is 2. The molecule has 0 atom stereocenters. The van der Waals surface area contributed by atoms with Gasteiger partial charge in [0.2, 0.25) is 0 Å². The van der Waals surface area contributed by atoms with Crippen LogP contribution in [0.1, 0.15) is 60.3 Å². The lowest BCUT2D eigenvalue weighted by molar-refractivity contribution is -0.191. The van der Waals surface area contributed by atoms with Crippen LogP contribution in [0.2, 0.25) is 0 Å². The molecule has 0 saturated carbocycles. The molecule has 0 spiro atoms. The fourth-order valence-corrected chi connectivity index (χ4v) is 3.16. The second-order valence-electron chi connectivity index (χ2n) is 7.52. The number of carbonyl (C=O) groups is 1. The Morgan fingerprint density at radius 2 is 1.19 bits per heavy atom. The van der Waals surface area contributed by atoms with Crippen molar-refractivity contribution < 1.29 is 29.0 Å². The first-order valence-electron chi connectivity index (χ1n) is 9.77.